The molecule has 0 atom stereocenters. The van der Waals surface area contributed by atoms with Crippen molar-refractivity contribution < 1.29 is 14.4 Å². The highest BCUT2D eigenvalue weighted by Gasteiger charge is 2.32. The molecule has 3 amide bonds. The lowest BCUT2D eigenvalue weighted by Gasteiger charge is -2.07. The van der Waals surface area contributed by atoms with Crippen LogP contribution < -0.4 is 10.6 Å². The fourth-order valence-corrected chi connectivity index (χ4v) is 2.02. The summed E-state index contributed by atoms with van der Waals surface area (Å²) in [6.45, 7) is 3.01. The Morgan fingerprint density at radius 3 is 2.60 bits per heavy atom. The lowest BCUT2D eigenvalue weighted by Crippen LogP contribution is -2.28. The molecule has 0 radical (unpaired) electrons. The number of imide groups is 1. The first-order chi connectivity index (χ1) is 9.54. The van der Waals surface area contributed by atoms with E-state index in [-0.39, 0.29) is 24.3 Å². The van der Waals surface area contributed by atoms with Gasteiger partial charge in [-0.15, -0.1) is 0 Å². The fraction of sp³-hybridized carbons (Fsp3) is 0.357. The van der Waals surface area contributed by atoms with Crippen LogP contribution in [0.3, 0.4) is 0 Å². The van der Waals surface area contributed by atoms with Gasteiger partial charge >= 0.3 is 0 Å². The average Bonchev–Trinajstić information content (AvgIpc) is 2.64. The van der Waals surface area contributed by atoms with Crippen molar-refractivity contribution in [3.8, 4) is 0 Å². The van der Waals surface area contributed by atoms with Gasteiger partial charge in [0.1, 0.15) is 0 Å². The first kappa shape index (κ1) is 14.2. The molecular weight excluding hydrogens is 258 g/mol. The van der Waals surface area contributed by atoms with Crippen LogP contribution in [0, 0.1) is 0 Å². The third-order valence-electron chi connectivity index (χ3n) is 3.09. The lowest BCUT2D eigenvalue weighted by molar-refractivity contribution is -0.115. The van der Waals surface area contributed by atoms with Gasteiger partial charge in [0, 0.05) is 12.7 Å². The molecule has 0 saturated heterocycles. The van der Waals surface area contributed by atoms with Crippen molar-refractivity contribution in [2.24, 2.45) is 0 Å². The number of benzene rings is 1. The minimum Gasteiger partial charge on any atom is -0.325 e. The number of hydrogen-bond donors (Lipinski definition) is 2. The number of nitrogens with zero attached hydrogens (tertiary/aromatic N) is 1. The van der Waals surface area contributed by atoms with E-state index in [9.17, 15) is 14.4 Å². The molecule has 106 valence electrons. The largest absolute Gasteiger partial charge is 0.325 e. The average molecular weight is 275 g/mol. The van der Waals surface area contributed by atoms with E-state index in [1.165, 1.54) is 13.1 Å². The van der Waals surface area contributed by atoms with Crippen molar-refractivity contribution in [3.05, 3.63) is 29.3 Å². The zero-order chi connectivity index (χ0) is 14.7. The number of fused-ring (bicyclic) bond motifs is 1. The van der Waals surface area contributed by atoms with E-state index in [2.05, 4.69) is 10.6 Å². The molecule has 1 aromatic rings. The van der Waals surface area contributed by atoms with Gasteiger partial charge in [0.2, 0.25) is 5.91 Å². The predicted molar refractivity (Wildman–Crippen MR) is 74.7 cm³/mol. The summed E-state index contributed by atoms with van der Waals surface area (Å²) in [5.41, 5.74) is 1.22. The predicted octanol–water partition coefficient (Wildman–Crippen LogP) is 0.850. The number of carbonyl (C=O) groups is 3. The minimum atomic E-state index is -0.342. The van der Waals surface area contributed by atoms with Crippen LogP contribution in [0.15, 0.2) is 18.2 Å². The molecule has 0 spiro atoms. The first-order valence-electron chi connectivity index (χ1n) is 6.51. The van der Waals surface area contributed by atoms with E-state index in [1.807, 2.05) is 6.92 Å². The maximum atomic E-state index is 11.8. The van der Waals surface area contributed by atoms with Crippen molar-refractivity contribution in [2.75, 3.05) is 25.5 Å². The van der Waals surface area contributed by atoms with Crippen molar-refractivity contribution in [1.82, 2.24) is 10.2 Å². The van der Waals surface area contributed by atoms with Crippen molar-refractivity contribution >= 4 is 23.4 Å². The first-order valence-corrected chi connectivity index (χ1v) is 6.51. The molecule has 0 aliphatic carbocycles. The van der Waals surface area contributed by atoms with Gasteiger partial charge in [-0.3, -0.25) is 19.3 Å². The Bertz CT molecular complexity index is 569. The van der Waals surface area contributed by atoms with Gasteiger partial charge in [-0.05, 0) is 31.2 Å². The van der Waals surface area contributed by atoms with Crippen LogP contribution in [0.25, 0.3) is 0 Å². The van der Waals surface area contributed by atoms with Gasteiger partial charge in [0.15, 0.2) is 0 Å². The Morgan fingerprint density at radius 1 is 1.20 bits per heavy atom. The number of hydrogen-bond acceptors (Lipinski definition) is 4. The third-order valence-corrected chi connectivity index (χ3v) is 3.09. The Balaban J connectivity index is 2.07. The summed E-state index contributed by atoms with van der Waals surface area (Å²) in [6.07, 6.45) is 0.953. The summed E-state index contributed by atoms with van der Waals surface area (Å²) in [7, 11) is 1.44. The molecule has 0 fully saturated rings. The van der Waals surface area contributed by atoms with Crippen LogP contribution in [0.4, 0.5) is 5.69 Å². The number of carbonyl (C=O) groups excluding carboxylic acids is 3. The highest BCUT2D eigenvalue weighted by atomic mass is 16.2. The Labute approximate surface area is 117 Å². The topological polar surface area (TPSA) is 78.5 Å². The monoisotopic (exact) mass is 275 g/mol. The SMILES string of the molecule is CCCNCC(=O)Nc1ccc2c(c1)C(=O)N(C)C2=O. The molecule has 1 aliphatic rings. The highest BCUT2D eigenvalue weighted by molar-refractivity contribution is 6.21. The quantitative estimate of drug-likeness (QED) is 0.617. The summed E-state index contributed by atoms with van der Waals surface area (Å²) in [6, 6.07) is 4.73. The number of rotatable bonds is 5. The second-order valence-corrected chi connectivity index (χ2v) is 4.65. The minimum absolute atomic E-state index is 0.177. The second kappa shape index (κ2) is 5.83. The van der Waals surface area contributed by atoms with Crippen LogP contribution in [-0.2, 0) is 4.79 Å². The van der Waals surface area contributed by atoms with Crippen molar-refractivity contribution in [2.45, 2.75) is 13.3 Å². The molecule has 1 heterocycles. The lowest BCUT2D eigenvalue weighted by atomic mass is 10.1. The molecule has 1 aromatic carbocycles. The number of anilines is 1. The smallest absolute Gasteiger partial charge is 0.261 e. The van der Waals surface area contributed by atoms with Gasteiger partial charge in [-0.2, -0.15) is 0 Å². The molecule has 6 heteroatoms. The molecule has 0 bridgehead atoms. The fourth-order valence-electron chi connectivity index (χ4n) is 2.02. The Kier molecular flexibility index (Phi) is 4.14. The van der Waals surface area contributed by atoms with Crippen LogP contribution >= 0.6 is 0 Å². The van der Waals surface area contributed by atoms with Crippen LogP contribution in [0.2, 0.25) is 0 Å². The van der Waals surface area contributed by atoms with Gasteiger partial charge < -0.3 is 10.6 Å². The number of nitrogens with one attached hydrogen (secondary N) is 2. The molecular formula is C14H17N3O3. The molecule has 0 unspecified atom stereocenters. The van der Waals surface area contributed by atoms with E-state index in [4.69, 9.17) is 0 Å². The van der Waals surface area contributed by atoms with Gasteiger partial charge in [0.25, 0.3) is 11.8 Å². The van der Waals surface area contributed by atoms with Crippen LogP contribution in [0.1, 0.15) is 34.1 Å². The van der Waals surface area contributed by atoms with E-state index < -0.39 is 0 Å². The molecule has 0 saturated carbocycles. The van der Waals surface area contributed by atoms with Crippen LogP contribution in [-0.4, -0.2) is 42.8 Å². The summed E-state index contributed by atoms with van der Waals surface area (Å²) in [5.74, 6) is -0.832. The maximum Gasteiger partial charge on any atom is 0.261 e. The molecule has 1 aliphatic heterocycles. The summed E-state index contributed by atoms with van der Waals surface area (Å²) in [4.78, 5) is 36.3. The zero-order valence-electron chi connectivity index (χ0n) is 11.5. The number of amides is 3. The summed E-state index contributed by atoms with van der Waals surface area (Å²) >= 11 is 0. The van der Waals surface area contributed by atoms with Gasteiger partial charge in [-0.25, -0.2) is 0 Å². The van der Waals surface area contributed by atoms with E-state index in [1.54, 1.807) is 12.1 Å². The van der Waals surface area contributed by atoms with Crippen molar-refractivity contribution in [1.29, 1.82) is 0 Å². The normalized spacial score (nSPS) is 13.6. The molecule has 2 N–H and O–H groups in total. The highest BCUT2D eigenvalue weighted by Crippen LogP contribution is 2.24. The van der Waals surface area contributed by atoms with Gasteiger partial charge in [0.05, 0.1) is 17.7 Å². The van der Waals surface area contributed by atoms with E-state index in [0.717, 1.165) is 17.9 Å². The Hall–Kier alpha value is -2.21. The van der Waals surface area contributed by atoms with Crippen LogP contribution in [0.5, 0.6) is 0 Å². The third kappa shape index (κ3) is 2.70. The van der Waals surface area contributed by atoms with Gasteiger partial charge in [-0.1, -0.05) is 6.92 Å². The summed E-state index contributed by atoms with van der Waals surface area (Å²) in [5, 5.41) is 5.69. The van der Waals surface area contributed by atoms with Crippen molar-refractivity contribution in [3.63, 3.8) is 0 Å². The second-order valence-electron chi connectivity index (χ2n) is 4.65. The maximum absolute atomic E-state index is 11.8. The molecule has 2 rings (SSSR count). The molecule has 0 aromatic heterocycles. The Morgan fingerprint density at radius 2 is 1.90 bits per heavy atom. The zero-order valence-corrected chi connectivity index (χ0v) is 11.5. The summed E-state index contributed by atoms with van der Waals surface area (Å²) < 4.78 is 0. The van der Waals surface area contributed by atoms with E-state index >= 15 is 0 Å². The standard InChI is InChI=1S/C14H17N3O3/c1-3-6-15-8-12(18)16-9-4-5-10-11(7-9)14(20)17(2)13(10)19/h4-5,7,15H,3,6,8H2,1-2H3,(H,16,18). The molecule has 6 nitrogen and oxygen atoms in total. The molecule has 20 heavy (non-hydrogen) atoms. The van der Waals surface area contributed by atoms with E-state index in [0.29, 0.717) is 16.8 Å².